The van der Waals surface area contributed by atoms with Crippen molar-refractivity contribution in [1.29, 1.82) is 5.26 Å². The lowest BCUT2D eigenvalue weighted by atomic mass is 10.2. The van der Waals surface area contributed by atoms with Gasteiger partial charge in [0, 0.05) is 9.90 Å². The van der Waals surface area contributed by atoms with Crippen LogP contribution in [0.3, 0.4) is 0 Å². The second kappa shape index (κ2) is 5.38. The summed E-state index contributed by atoms with van der Waals surface area (Å²) in [6.07, 6.45) is 0. The van der Waals surface area contributed by atoms with Gasteiger partial charge in [0.25, 0.3) is 0 Å². The molecular weight excluding hydrogens is 266 g/mol. The highest BCUT2D eigenvalue weighted by atomic mass is 35.5. The van der Waals surface area contributed by atoms with Gasteiger partial charge in [0.15, 0.2) is 0 Å². The molecule has 0 atom stereocenters. The van der Waals surface area contributed by atoms with Gasteiger partial charge in [-0.25, -0.2) is 4.98 Å². The van der Waals surface area contributed by atoms with Gasteiger partial charge < -0.3 is 5.32 Å². The zero-order chi connectivity index (χ0) is 13.1. The molecule has 0 bridgehead atoms. The number of benzene rings is 1. The maximum absolute atomic E-state index is 9.02. The van der Waals surface area contributed by atoms with Crippen molar-refractivity contribution in [3.63, 3.8) is 0 Å². The van der Waals surface area contributed by atoms with Crippen molar-refractivity contribution in [2.75, 3.05) is 5.32 Å². The number of aromatic nitrogens is 1. The Balaban J connectivity index is 2.18. The van der Waals surface area contributed by atoms with Crippen LogP contribution in [0, 0.1) is 25.2 Å². The Labute approximate surface area is 115 Å². The fourth-order valence-corrected chi connectivity index (χ4v) is 2.68. The van der Waals surface area contributed by atoms with Crippen LogP contribution in [-0.2, 0) is 6.54 Å². The summed E-state index contributed by atoms with van der Waals surface area (Å²) in [5.74, 6) is 0. The van der Waals surface area contributed by atoms with Crippen LogP contribution in [0.25, 0.3) is 0 Å². The third-order valence-corrected chi connectivity index (χ3v) is 3.71. The molecule has 0 unspecified atom stereocenters. The van der Waals surface area contributed by atoms with Crippen molar-refractivity contribution >= 4 is 28.6 Å². The molecule has 0 amide bonds. The van der Waals surface area contributed by atoms with Gasteiger partial charge >= 0.3 is 0 Å². The highest BCUT2D eigenvalue weighted by Gasteiger charge is 2.07. The largest absolute Gasteiger partial charge is 0.378 e. The molecule has 0 radical (unpaired) electrons. The third kappa shape index (κ3) is 2.81. The molecule has 5 heteroatoms. The van der Waals surface area contributed by atoms with Gasteiger partial charge in [0.1, 0.15) is 6.07 Å². The lowest BCUT2D eigenvalue weighted by Crippen LogP contribution is -2.02. The second-order valence-corrected chi connectivity index (χ2v) is 5.73. The first-order valence-corrected chi connectivity index (χ1v) is 6.66. The lowest BCUT2D eigenvalue weighted by Gasteiger charge is -2.07. The Bertz CT molecular complexity index is 613. The predicted molar refractivity (Wildman–Crippen MR) is 75.1 cm³/mol. The average molecular weight is 278 g/mol. The van der Waals surface area contributed by atoms with E-state index in [0.29, 0.717) is 17.1 Å². The molecule has 2 aromatic rings. The fraction of sp³-hybridized carbons (Fsp3) is 0.231. The highest BCUT2D eigenvalue weighted by molar-refractivity contribution is 7.11. The number of anilines is 1. The summed E-state index contributed by atoms with van der Waals surface area (Å²) < 4.78 is 0. The SMILES string of the molecule is Cc1nc(CNc2cc(Cl)ccc2C#N)c(C)s1. The van der Waals surface area contributed by atoms with Crippen LogP contribution in [0.2, 0.25) is 5.02 Å². The topological polar surface area (TPSA) is 48.7 Å². The molecule has 0 fully saturated rings. The molecule has 1 N–H and O–H groups in total. The van der Waals surface area contributed by atoms with E-state index in [9.17, 15) is 0 Å². The summed E-state index contributed by atoms with van der Waals surface area (Å²) in [5, 5.41) is 13.9. The minimum absolute atomic E-state index is 0.587. The Morgan fingerprint density at radius 1 is 1.44 bits per heavy atom. The van der Waals surface area contributed by atoms with E-state index in [1.807, 2.05) is 13.8 Å². The quantitative estimate of drug-likeness (QED) is 0.926. The zero-order valence-electron chi connectivity index (χ0n) is 10.1. The molecule has 2 rings (SSSR count). The number of nitriles is 1. The molecule has 1 heterocycles. The van der Waals surface area contributed by atoms with Crippen LogP contribution >= 0.6 is 22.9 Å². The zero-order valence-corrected chi connectivity index (χ0v) is 11.7. The summed E-state index contributed by atoms with van der Waals surface area (Å²) in [7, 11) is 0. The van der Waals surface area contributed by atoms with Crippen molar-refractivity contribution in [3.8, 4) is 6.07 Å². The van der Waals surface area contributed by atoms with Crippen molar-refractivity contribution in [2.24, 2.45) is 0 Å². The van der Waals surface area contributed by atoms with Crippen LogP contribution in [0.4, 0.5) is 5.69 Å². The monoisotopic (exact) mass is 277 g/mol. The van der Waals surface area contributed by atoms with Crippen molar-refractivity contribution < 1.29 is 0 Å². The van der Waals surface area contributed by atoms with E-state index in [1.54, 1.807) is 29.5 Å². The minimum Gasteiger partial charge on any atom is -0.378 e. The van der Waals surface area contributed by atoms with Crippen LogP contribution in [0.5, 0.6) is 0 Å². The van der Waals surface area contributed by atoms with Crippen molar-refractivity contribution in [3.05, 3.63) is 44.4 Å². The van der Waals surface area contributed by atoms with Gasteiger partial charge in [0.2, 0.25) is 0 Å². The van der Waals surface area contributed by atoms with E-state index in [4.69, 9.17) is 16.9 Å². The van der Waals surface area contributed by atoms with Gasteiger partial charge in [-0.2, -0.15) is 5.26 Å². The van der Waals surface area contributed by atoms with E-state index >= 15 is 0 Å². The summed E-state index contributed by atoms with van der Waals surface area (Å²) in [6.45, 7) is 4.64. The van der Waals surface area contributed by atoms with Crippen LogP contribution in [0.1, 0.15) is 21.1 Å². The van der Waals surface area contributed by atoms with Crippen molar-refractivity contribution in [2.45, 2.75) is 20.4 Å². The Kier molecular flexibility index (Phi) is 3.85. The van der Waals surface area contributed by atoms with E-state index in [-0.39, 0.29) is 0 Å². The molecule has 0 aliphatic rings. The van der Waals surface area contributed by atoms with Crippen LogP contribution in [0.15, 0.2) is 18.2 Å². The van der Waals surface area contributed by atoms with Gasteiger partial charge in [-0.1, -0.05) is 11.6 Å². The van der Waals surface area contributed by atoms with E-state index < -0.39 is 0 Å². The number of hydrogen-bond donors (Lipinski definition) is 1. The second-order valence-electron chi connectivity index (χ2n) is 3.89. The number of thiazole rings is 1. The first kappa shape index (κ1) is 12.9. The normalized spacial score (nSPS) is 10.1. The van der Waals surface area contributed by atoms with E-state index in [1.165, 1.54) is 4.88 Å². The average Bonchev–Trinajstić information content (AvgIpc) is 2.65. The number of halogens is 1. The first-order chi connectivity index (χ1) is 8.60. The van der Waals surface area contributed by atoms with Gasteiger partial charge in [-0.15, -0.1) is 11.3 Å². The predicted octanol–water partition coefficient (Wildman–Crippen LogP) is 3.90. The van der Waals surface area contributed by atoms with Gasteiger partial charge in [0.05, 0.1) is 28.5 Å². The number of rotatable bonds is 3. The van der Waals surface area contributed by atoms with E-state index in [2.05, 4.69) is 16.4 Å². The number of nitrogens with zero attached hydrogens (tertiary/aromatic N) is 2. The van der Waals surface area contributed by atoms with Crippen LogP contribution < -0.4 is 5.32 Å². The first-order valence-electron chi connectivity index (χ1n) is 5.46. The number of nitrogens with one attached hydrogen (secondary N) is 1. The molecule has 1 aromatic heterocycles. The van der Waals surface area contributed by atoms with E-state index in [0.717, 1.165) is 16.4 Å². The van der Waals surface area contributed by atoms with Crippen molar-refractivity contribution in [1.82, 2.24) is 4.98 Å². The molecule has 0 aliphatic heterocycles. The summed E-state index contributed by atoms with van der Waals surface area (Å²) in [6, 6.07) is 7.32. The Morgan fingerprint density at radius 3 is 2.83 bits per heavy atom. The molecule has 0 saturated carbocycles. The lowest BCUT2D eigenvalue weighted by molar-refractivity contribution is 1.04. The molecule has 18 heavy (non-hydrogen) atoms. The number of hydrogen-bond acceptors (Lipinski definition) is 4. The third-order valence-electron chi connectivity index (χ3n) is 2.55. The fourth-order valence-electron chi connectivity index (χ4n) is 1.68. The molecule has 92 valence electrons. The Morgan fingerprint density at radius 2 is 2.22 bits per heavy atom. The summed E-state index contributed by atoms with van der Waals surface area (Å²) in [4.78, 5) is 5.64. The van der Waals surface area contributed by atoms with Gasteiger partial charge in [-0.3, -0.25) is 0 Å². The standard InChI is InChI=1S/C13H12ClN3S/c1-8-13(17-9(2)18-8)7-16-12-5-11(14)4-3-10(12)6-15/h3-5,16H,7H2,1-2H3. The maximum Gasteiger partial charge on any atom is 0.101 e. The highest BCUT2D eigenvalue weighted by Crippen LogP contribution is 2.22. The number of aryl methyl sites for hydroxylation is 2. The Hall–Kier alpha value is -1.57. The summed E-state index contributed by atoms with van der Waals surface area (Å²) >= 11 is 7.60. The van der Waals surface area contributed by atoms with Gasteiger partial charge in [-0.05, 0) is 32.0 Å². The minimum atomic E-state index is 0.587. The molecule has 0 aliphatic carbocycles. The smallest absolute Gasteiger partial charge is 0.101 e. The molecule has 1 aromatic carbocycles. The summed E-state index contributed by atoms with van der Waals surface area (Å²) in [5.41, 5.74) is 2.35. The van der Waals surface area contributed by atoms with Crippen LogP contribution in [-0.4, -0.2) is 4.98 Å². The molecular formula is C13H12ClN3S. The molecule has 3 nitrogen and oxygen atoms in total. The molecule has 0 spiro atoms. The molecule has 0 saturated heterocycles. The maximum atomic E-state index is 9.02.